The number of rotatable bonds is 6. The number of hydrogen-bond acceptors (Lipinski definition) is 3. The van der Waals surface area contributed by atoms with Crippen molar-refractivity contribution in [2.45, 2.75) is 45.4 Å². The molecule has 0 spiro atoms. The molecule has 0 unspecified atom stereocenters. The molecule has 1 aliphatic rings. The first-order chi connectivity index (χ1) is 12.6. The lowest BCUT2D eigenvalue weighted by Crippen LogP contribution is -2.47. The molecular weight excluding hydrogens is 324 g/mol. The predicted molar refractivity (Wildman–Crippen MR) is 104 cm³/mol. The van der Waals surface area contributed by atoms with E-state index in [-0.39, 0.29) is 11.9 Å². The maximum Gasteiger partial charge on any atom is 0.260 e. The van der Waals surface area contributed by atoms with Gasteiger partial charge in [-0.3, -0.25) is 9.69 Å². The average molecular weight is 352 g/mol. The van der Waals surface area contributed by atoms with E-state index in [2.05, 4.69) is 34.5 Å². The number of carbonyl (C=O) groups is 1. The summed E-state index contributed by atoms with van der Waals surface area (Å²) in [5.41, 5.74) is 2.52. The van der Waals surface area contributed by atoms with Crippen LogP contribution in [-0.4, -0.2) is 36.0 Å². The van der Waals surface area contributed by atoms with E-state index in [1.165, 1.54) is 11.1 Å². The Morgan fingerprint density at radius 3 is 2.42 bits per heavy atom. The van der Waals surface area contributed by atoms with Gasteiger partial charge in [-0.05, 0) is 44.4 Å². The second kappa shape index (κ2) is 8.86. The van der Waals surface area contributed by atoms with Gasteiger partial charge >= 0.3 is 0 Å². The van der Waals surface area contributed by atoms with Crippen molar-refractivity contribution in [3.63, 3.8) is 0 Å². The van der Waals surface area contributed by atoms with Gasteiger partial charge < -0.3 is 10.1 Å². The maximum atomic E-state index is 12.4. The third kappa shape index (κ3) is 5.33. The molecule has 0 saturated carbocycles. The van der Waals surface area contributed by atoms with E-state index in [0.29, 0.717) is 0 Å². The van der Waals surface area contributed by atoms with E-state index in [0.717, 1.165) is 38.2 Å². The van der Waals surface area contributed by atoms with Crippen LogP contribution in [0.4, 0.5) is 0 Å². The molecule has 1 amide bonds. The summed E-state index contributed by atoms with van der Waals surface area (Å²) in [6.45, 7) is 6.83. The largest absolute Gasteiger partial charge is 0.481 e. The van der Waals surface area contributed by atoms with Crippen molar-refractivity contribution in [2.75, 3.05) is 13.1 Å². The topological polar surface area (TPSA) is 41.6 Å². The first-order valence-electron chi connectivity index (χ1n) is 9.40. The molecule has 0 aliphatic carbocycles. The van der Waals surface area contributed by atoms with Gasteiger partial charge in [-0.1, -0.05) is 48.0 Å². The third-order valence-corrected chi connectivity index (χ3v) is 4.89. The van der Waals surface area contributed by atoms with Crippen LogP contribution in [0.5, 0.6) is 5.75 Å². The van der Waals surface area contributed by atoms with Crippen LogP contribution < -0.4 is 10.1 Å². The van der Waals surface area contributed by atoms with Gasteiger partial charge in [0.15, 0.2) is 6.10 Å². The Morgan fingerprint density at radius 1 is 1.12 bits per heavy atom. The highest BCUT2D eigenvalue weighted by Crippen LogP contribution is 2.16. The van der Waals surface area contributed by atoms with E-state index in [9.17, 15) is 4.79 Å². The van der Waals surface area contributed by atoms with Crippen LogP contribution in [0.15, 0.2) is 54.6 Å². The number of carbonyl (C=O) groups excluding carboxylic acids is 1. The molecule has 1 saturated heterocycles. The number of ether oxygens (including phenoxy) is 1. The summed E-state index contributed by atoms with van der Waals surface area (Å²) in [6, 6.07) is 18.6. The monoisotopic (exact) mass is 352 g/mol. The first-order valence-corrected chi connectivity index (χ1v) is 9.40. The second-order valence-corrected chi connectivity index (χ2v) is 7.12. The average Bonchev–Trinajstić information content (AvgIpc) is 2.66. The summed E-state index contributed by atoms with van der Waals surface area (Å²) in [7, 11) is 0. The van der Waals surface area contributed by atoms with Crippen molar-refractivity contribution in [2.24, 2.45) is 0 Å². The van der Waals surface area contributed by atoms with Crippen LogP contribution in [0.2, 0.25) is 0 Å². The molecule has 4 heteroatoms. The molecule has 1 aliphatic heterocycles. The van der Waals surface area contributed by atoms with Gasteiger partial charge in [0, 0.05) is 25.7 Å². The molecule has 2 aromatic carbocycles. The molecule has 26 heavy (non-hydrogen) atoms. The molecule has 0 aromatic heterocycles. The smallest absolute Gasteiger partial charge is 0.260 e. The summed E-state index contributed by atoms with van der Waals surface area (Å²) >= 11 is 0. The fraction of sp³-hybridized carbons (Fsp3) is 0.409. The van der Waals surface area contributed by atoms with Crippen LogP contribution in [0.1, 0.15) is 30.9 Å². The van der Waals surface area contributed by atoms with Crippen molar-refractivity contribution in [1.82, 2.24) is 10.2 Å². The number of amides is 1. The minimum atomic E-state index is -0.486. The predicted octanol–water partition coefficient (Wildman–Crippen LogP) is 3.54. The highest BCUT2D eigenvalue weighted by Gasteiger charge is 2.23. The Kier molecular flexibility index (Phi) is 6.29. The van der Waals surface area contributed by atoms with E-state index in [1.54, 1.807) is 6.92 Å². The van der Waals surface area contributed by atoms with Crippen LogP contribution in [0, 0.1) is 6.92 Å². The molecule has 138 valence electrons. The number of aryl methyl sites for hydroxylation is 1. The van der Waals surface area contributed by atoms with Crippen LogP contribution >= 0.6 is 0 Å². The van der Waals surface area contributed by atoms with Crippen molar-refractivity contribution in [3.8, 4) is 5.75 Å². The Morgan fingerprint density at radius 2 is 1.77 bits per heavy atom. The van der Waals surface area contributed by atoms with E-state index >= 15 is 0 Å². The second-order valence-electron chi connectivity index (χ2n) is 7.12. The Balaban J connectivity index is 1.42. The Bertz CT molecular complexity index is 692. The first kappa shape index (κ1) is 18.5. The lowest BCUT2D eigenvalue weighted by molar-refractivity contribution is -0.128. The minimum Gasteiger partial charge on any atom is -0.481 e. The number of nitrogens with one attached hydrogen (secondary N) is 1. The van der Waals surface area contributed by atoms with Crippen LogP contribution in [0.25, 0.3) is 0 Å². The molecule has 3 rings (SSSR count). The van der Waals surface area contributed by atoms with Gasteiger partial charge in [-0.15, -0.1) is 0 Å². The van der Waals surface area contributed by atoms with E-state index in [4.69, 9.17) is 4.74 Å². The van der Waals surface area contributed by atoms with Gasteiger partial charge in [-0.25, -0.2) is 0 Å². The molecule has 1 heterocycles. The maximum absolute atomic E-state index is 12.4. The lowest BCUT2D eigenvalue weighted by atomic mass is 10.0. The highest BCUT2D eigenvalue weighted by molar-refractivity contribution is 5.81. The minimum absolute atomic E-state index is 0.0351. The van der Waals surface area contributed by atoms with E-state index < -0.39 is 6.10 Å². The summed E-state index contributed by atoms with van der Waals surface area (Å²) in [4.78, 5) is 14.9. The number of benzene rings is 2. The summed E-state index contributed by atoms with van der Waals surface area (Å²) in [5, 5.41) is 3.14. The summed E-state index contributed by atoms with van der Waals surface area (Å²) < 4.78 is 5.75. The fourth-order valence-corrected chi connectivity index (χ4v) is 3.27. The molecule has 2 aromatic rings. The summed E-state index contributed by atoms with van der Waals surface area (Å²) in [5.74, 6) is 0.697. The van der Waals surface area contributed by atoms with Crippen molar-refractivity contribution < 1.29 is 9.53 Å². The van der Waals surface area contributed by atoms with Crippen LogP contribution in [-0.2, 0) is 11.3 Å². The molecular formula is C22H28N2O2. The van der Waals surface area contributed by atoms with Gasteiger partial charge in [0.25, 0.3) is 5.91 Å². The third-order valence-electron chi connectivity index (χ3n) is 4.89. The molecule has 1 N–H and O–H groups in total. The zero-order valence-electron chi connectivity index (χ0n) is 15.7. The number of piperidine rings is 1. The number of hydrogen-bond donors (Lipinski definition) is 1. The molecule has 4 nitrogen and oxygen atoms in total. The standard InChI is InChI=1S/C22H28N2O2/c1-17-8-10-21(11-9-17)26-18(2)22(25)23-20-12-14-24(15-13-20)16-19-6-4-3-5-7-19/h3-11,18,20H,12-16H2,1-2H3,(H,23,25)/t18-/m0/s1. The quantitative estimate of drug-likeness (QED) is 0.864. The lowest BCUT2D eigenvalue weighted by Gasteiger charge is -2.32. The fourth-order valence-electron chi connectivity index (χ4n) is 3.27. The Labute approximate surface area is 156 Å². The van der Waals surface area contributed by atoms with Gasteiger partial charge in [0.1, 0.15) is 5.75 Å². The Hall–Kier alpha value is -2.33. The van der Waals surface area contributed by atoms with Gasteiger partial charge in [0.2, 0.25) is 0 Å². The zero-order valence-corrected chi connectivity index (χ0v) is 15.7. The summed E-state index contributed by atoms with van der Waals surface area (Å²) in [6.07, 6.45) is 1.48. The van der Waals surface area contributed by atoms with E-state index in [1.807, 2.05) is 37.3 Å². The molecule has 1 fully saturated rings. The number of nitrogens with zero attached hydrogens (tertiary/aromatic N) is 1. The van der Waals surface area contributed by atoms with Gasteiger partial charge in [0.05, 0.1) is 0 Å². The van der Waals surface area contributed by atoms with Crippen molar-refractivity contribution >= 4 is 5.91 Å². The molecule has 1 atom stereocenters. The SMILES string of the molecule is Cc1ccc(O[C@@H](C)C(=O)NC2CCN(Cc3ccccc3)CC2)cc1. The van der Waals surface area contributed by atoms with Gasteiger partial charge in [-0.2, -0.15) is 0 Å². The highest BCUT2D eigenvalue weighted by atomic mass is 16.5. The number of likely N-dealkylation sites (tertiary alicyclic amines) is 1. The molecule has 0 bridgehead atoms. The molecule has 0 radical (unpaired) electrons. The van der Waals surface area contributed by atoms with Crippen molar-refractivity contribution in [1.29, 1.82) is 0 Å². The van der Waals surface area contributed by atoms with Crippen molar-refractivity contribution in [3.05, 3.63) is 65.7 Å². The van der Waals surface area contributed by atoms with Crippen LogP contribution in [0.3, 0.4) is 0 Å². The zero-order chi connectivity index (χ0) is 18.4. The normalized spacial score (nSPS) is 16.8.